The maximum atomic E-state index is 10.9. The molecule has 0 saturated heterocycles. The summed E-state index contributed by atoms with van der Waals surface area (Å²) in [6.45, 7) is 5.72. The molecule has 0 spiro atoms. The van der Waals surface area contributed by atoms with Gasteiger partial charge in [-0.3, -0.25) is 4.79 Å². The first-order chi connectivity index (χ1) is 8.49. The number of aliphatic carboxylic acids is 1. The number of rotatable bonds is 3. The van der Waals surface area contributed by atoms with Crippen LogP contribution < -0.4 is 0 Å². The van der Waals surface area contributed by atoms with Crippen LogP contribution >= 0.6 is 0 Å². The quantitative estimate of drug-likeness (QED) is 0.903. The van der Waals surface area contributed by atoms with Gasteiger partial charge in [0.25, 0.3) is 0 Å². The number of carboxylic acid groups (broad SMARTS) is 1. The van der Waals surface area contributed by atoms with Crippen molar-refractivity contribution in [3.8, 4) is 11.3 Å². The van der Waals surface area contributed by atoms with Crippen LogP contribution in [0, 0.1) is 20.8 Å². The molecule has 1 aromatic heterocycles. The molecule has 2 rings (SSSR count). The first-order valence-corrected chi connectivity index (χ1v) is 5.73. The lowest BCUT2D eigenvalue weighted by molar-refractivity contribution is -0.136. The van der Waals surface area contributed by atoms with Gasteiger partial charge in [0.15, 0.2) is 5.76 Å². The molecule has 0 amide bonds. The minimum absolute atomic E-state index is 0.0714. The Morgan fingerprint density at radius 2 is 2.06 bits per heavy atom. The predicted molar refractivity (Wildman–Crippen MR) is 67.5 cm³/mol. The van der Waals surface area contributed by atoms with Gasteiger partial charge in [-0.2, -0.15) is 0 Å². The van der Waals surface area contributed by atoms with Crippen molar-refractivity contribution in [3.05, 3.63) is 40.6 Å². The van der Waals surface area contributed by atoms with E-state index in [4.69, 9.17) is 9.63 Å². The van der Waals surface area contributed by atoms with Crippen molar-refractivity contribution in [3.63, 3.8) is 0 Å². The summed E-state index contributed by atoms with van der Waals surface area (Å²) in [5, 5.41) is 12.8. The molecule has 0 aliphatic carbocycles. The lowest BCUT2D eigenvalue weighted by Crippen LogP contribution is -2.02. The van der Waals surface area contributed by atoms with Crippen molar-refractivity contribution in [2.45, 2.75) is 27.2 Å². The van der Waals surface area contributed by atoms with E-state index < -0.39 is 5.97 Å². The highest BCUT2D eigenvalue weighted by molar-refractivity contribution is 5.76. The monoisotopic (exact) mass is 245 g/mol. The van der Waals surface area contributed by atoms with Crippen molar-refractivity contribution < 1.29 is 14.4 Å². The molecule has 0 radical (unpaired) electrons. The molecule has 2 aromatic rings. The minimum Gasteiger partial charge on any atom is -0.481 e. The van der Waals surface area contributed by atoms with Gasteiger partial charge in [-0.15, -0.1) is 0 Å². The molecule has 4 nitrogen and oxygen atoms in total. The first-order valence-electron chi connectivity index (χ1n) is 5.73. The Bertz CT molecular complexity index is 599. The predicted octanol–water partition coefficient (Wildman–Crippen LogP) is 2.89. The summed E-state index contributed by atoms with van der Waals surface area (Å²) in [7, 11) is 0. The van der Waals surface area contributed by atoms with Crippen molar-refractivity contribution in [1.29, 1.82) is 0 Å². The fourth-order valence-corrected chi connectivity index (χ4v) is 1.94. The number of aromatic nitrogens is 1. The molecule has 18 heavy (non-hydrogen) atoms. The molecule has 1 aromatic carbocycles. The van der Waals surface area contributed by atoms with Crippen LogP contribution in [0.3, 0.4) is 0 Å². The van der Waals surface area contributed by atoms with Crippen LogP contribution in [0.2, 0.25) is 0 Å². The normalized spacial score (nSPS) is 10.6. The lowest BCUT2D eigenvalue weighted by atomic mass is 9.99. The van der Waals surface area contributed by atoms with E-state index in [0.717, 1.165) is 16.7 Å². The second-order valence-corrected chi connectivity index (χ2v) is 4.46. The molecule has 0 atom stereocenters. The highest BCUT2D eigenvalue weighted by Crippen LogP contribution is 2.30. The van der Waals surface area contributed by atoms with Crippen LogP contribution in [0.25, 0.3) is 11.3 Å². The molecule has 0 unspecified atom stereocenters. The van der Waals surface area contributed by atoms with Gasteiger partial charge in [-0.05, 0) is 32.4 Å². The van der Waals surface area contributed by atoms with E-state index in [1.54, 1.807) is 6.92 Å². The number of benzene rings is 1. The fourth-order valence-electron chi connectivity index (χ4n) is 1.94. The summed E-state index contributed by atoms with van der Waals surface area (Å²) < 4.78 is 5.30. The zero-order valence-electron chi connectivity index (χ0n) is 10.7. The molecule has 0 saturated carbocycles. The maximum Gasteiger partial charge on any atom is 0.308 e. The van der Waals surface area contributed by atoms with Gasteiger partial charge < -0.3 is 9.63 Å². The van der Waals surface area contributed by atoms with Gasteiger partial charge in [0.05, 0.1) is 12.1 Å². The number of carboxylic acids is 1. The van der Waals surface area contributed by atoms with Gasteiger partial charge >= 0.3 is 5.97 Å². The van der Waals surface area contributed by atoms with Crippen molar-refractivity contribution in [2.75, 3.05) is 0 Å². The van der Waals surface area contributed by atoms with Crippen molar-refractivity contribution in [1.82, 2.24) is 5.16 Å². The SMILES string of the molecule is Cc1ccc(C)c(-c2onc(C)c2CC(=O)O)c1. The standard InChI is InChI=1S/C14H15NO3/c1-8-4-5-9(2)11(6-8)14-12(7-13(16)17)10(3)15-18-14/h4-6H,7H2,1-3H3,(H,16,17). The van der Waals surface area contributed by atoms with E-state index in [9.17, 15) is 4.79 Å². The number of nitrogens with zero attached hydrogens (tertiary/aromatic N) is 1. The summed E-state index contributed by atoms with van der Waals surface area (Å²) in [6, 6.07) is 5.99. The Morgan fingerprint density at radius 3 is 2.72 bits per heavy atom. The Labute approximate surface area is 105 Å². The van der Waals surface area contributed by atoms with Crippen LogP contribution in [0.5, 0.6) is 0 Å². The zero-order chi connectivity index (χ0) is 13.3. The molecule has 4 heteroatoms. The van der Waals surface area contributed by atoms with E-state index in [-0.39, 0.29) is 6.42 Å². The summed E-state index contributed by atoms with van der Waals surface area (Å²) >= 11 is 0. The third-order valence-electron chi connectivity index (χ3n) is 2.95. The van der Waals surface area contributed by atoms with Crippen LogP contribution in [-0.4, -0.2) is 16.2 Å². The minimum atomic E-state index is -0.882. The smallest absolute Gasteiger partial charge is 0.308 e. The van der Waals surface area contributed by atoms with Gasteiger partial charge in [-0.1, -0.05) is 22.9 Å². The topological polar surface area (TPSA) is 63.3 Å². The largest absolute Gasteiger partial charge is 0.481 e. The molecule has 0 bridgehead atoms. The second-order valence-electron chi connectivity index (χ2n) is 4.46. The van der Waals surface area contributed by atoms with Crippen molar-refractivity contribution >= 4 is 5.97 Å². The molecule has 0 aliphatic rings. The van der Waals surface area contributed by atoms with E-state index in [1.165, 1.54) is 0 Å². The van der Waals surface area contributed by atoms with Crippen LogP contribution in [0.4, 0.5) is 0 Å². The average molecular weight is 245 g/mol. The third kappa shape index (κ3) is 2.27. The first kappa shape index (κ1) is 12.4. The van der Waals surface area contributed by atoms with Gasteiger partial charge in [0, 0.05) is 11.1 Å². The number of carbonyl (C=O) groups is 1. The maximum absolute atomic E-state index is 10.9. The third-order valence-corrected chi connectivity index (χ3v) is 2.95. The van der Waals surface area contributed by atoms with E-state index in [2.05, 4.69) is 5.16 Å². The van der Waals surface area contributed by atoms with Crippen molar-refractivity contribution in [2.24, 2.45) is 0 Å². The molecule has 94 valence electrons. The Morgan fingerprint density at radius 1 is 1.33 bits per heavy atom. The summed E-state index contributed by atoms with van der Waals surface area (Å²) in [5.74, 6) is -0.316. The number of aryl methyl sites for hydroxylation is 3. The fraction of sp³-hybridized carbons (Fsp3) is 0.286. The van der Waals surface area contributed by atoms with Crippen LogP contribution in [0.1, 0.15) is 22.4 Å². The highest BCUT2D eigenvalue weighted by Gasteiger charge is 2.18. The Balaban J connectivity index is 2.57. The van der Waals surface area contributed by atoms with Gasteiger partial charge in [-0.25, -0.2) is 0 Å². The molecule has 0 aliphatic heterocycles. The average Bonchev–Trinajstić information content (AvgIpc) is 2.64. The van der Waals surface area contributed by atoms with Gasteiger partial charge in [0.2, 0.25) is 0 Å². The molecule has 1 heterocycles. The van der Waals surface area contributed by atoms with E-state index >= 15 is 0 Å². The zero-order valence-corrected chi connectivity index (χ0v) is 10.7. The van der Waals surface area contributed by atoms with Crippen LogP contribution in [-0.2, 0) is 11.2 Å². The lowest BCUT2D eigenvalue weighted by Gasteiger charge is -2.05. The summed E-state index contributed by atoms with van der Waals surface area (Å²) in [5.41, 5.74) is 4.34. The number of hydrogen-bond donors (Lipinski definition) is 1. The molecule has 1 N–H and O–H groups in total. The second kappa shape index (κ2) is 4.64. The summed E-state index contributed by atoms with van der Waals surface area (Å²) in [6.07, 6.45) is -0.0714. The molecular formula is C14H15NO3. The van der Waals surface area contributed by atoms with E-state index in [0.29, 0.717) is 17.0 Å². The Kier molecular flexibility index (Phi) is 3.19. The molecular weight excluding hydrogens is 230 g/mol. The van der Waals surface area contributed by atoms with E-state index in [1.807, 2.05) is 32.0 Å². The highest BCUT2D eigenvalue weighted by atomic mass is 16.5. The molecule has 0 fully saturated rings. The van der Waals surface area contributed by atoms with Crippen LogP contribution in [0.15, 0.2) is 22.7 Å². The van der Waals surface area contributed by atoms with Gasteiger partial charge in [0.1, 0.15) is 0 Å². The Hall–Kier alpha value is -2.10. The summed E-state index contributed by atoms with van der Waals surface area (Å²) in [4.78, 5) is 10.9. The number of hydrogen-bond acceptors (Lipinski definition) is 3.